The lowest BCUT2D eigenvalue weighted by molar-refractivity contribution is 0.147. The molecule has 0 aliphatic carbocycles. The number of unbranched alkanes of at least 4 members (excludes halogenated alkanes) is 9. The largest absolute Gasteiger partial charge is 0.393 e. The van der Waals surface area contributed by atoms with Gasteiger partial charge in [-0.2, -0.15) is 0 Å². The first-order valence-electron chi connectivity index (χ1n) is 7.57. The summed E-state index contributed by atoms with van der Waals surface area (Å²) in [5.74, 6) is 0. The molecule has 0 fully saturated rings. The molecule has 1 N–H and O–H groups in total. The van der Waals surface area contributed by atoms with Crippen molar-refractivity contribution in [1.29, 1.82) is 0 Å². The lowest BCUT2D eigenvalue weighted by atomic mass is 10.0. The van der Waals surface area contributed by atoms with E-state index in [0.29, 0.717) is 0 Å². The number of rotatable bonds is 13. The van der Waals surface area contributed by atoms with Crippen molar-refractivity contribution < 1.29 is 5.11 Å². The fourth-order valence-electron chi connectivity index (χ4n) is 2.14. The third-order valence-electron chi connectivity index (χ3n) is 3.32. The first kappa shape index (κ1) is 17.0. The summed E-state index contributed by atoms with van der Waals surface area (Å²) in [6.45, 7) is 7.67. The molecule has 2 radical (unpaired) electrons. The van der Waals surface area contributed by atoms with Gasteiger partial charge >= 0.3 is 0 Å². The molecule has 0 amide bonds. The van der Waals surface area contributed by atoms with Crippen LogP contribution in [-0.4, -0.2) is 11.2 Å². The van der Waals surface area contributed by atoms with Crippen molar-refractivity contribution in [3.63, 3.8) is 0 Å². The van der Waals surface area contributed by atoms with E-state index in [2.05, 4.69) is 13.8 Å². The van der Waals surface area contributed by atoms with Gasteiger partial charge in [0.25, 0.3) is 0 Å². The monoisotopic (exact) mass is 240 g/mol. The minimum atomic E-state index is -0.0623. The molecule has 1 heteroatoms. The highest BCUT2D eigenvalue weighted by Crippen LogP contribution is 2.13. The van der Waals surface area contributed by atoms with Gasteiger partial charge in [0, 0.05) is 0 Å². The molecule has 0 aromatic carbocycles. The Bertz CT molecular complexity index is 133. The van der Waals surface area contributed by atoms with Gasteiger partial charge in [-0.1, -0.05) is 84.5 Å². The molecule has 102 valence electrons. The van der Waals surface area contributed by atoms with Gasteiger partial charge in [0.05, 0.1) is 6.10 Å². The van der Waals surface area contributed by atoms with Crippen molar-refractivity contribution in [1.82, 2.24) is 0 Å². The molecule has 0 bridgehead atoms. The number of aliphatic hydroxyl groups is 1. The Morgan fingerprint density at radius 1 is 0.588 bits per heavy atom. The van der Waals surface area contributed by atoms with E-state index in [4.69, 9.17) is 0 Å². The van der Waals surface area contributed by atoms with Gasteiger partial charge in [0.1, 0.15) is 0 Å². The SMILES string of the molecule is [CH2]CCCCCCCCCC(O)CCCC[CH2]. The van der Waals surface area contributed by atoms with Gasteiger partial charge in [-0.25, -0.2) is 0 Å². The van der Waals surface area contributed by atoms with Crippen LogP contribution < -0.4 is 0 Å². The summed E-state index contributed by atoms with van der Waals surface area (Å²) in [5.41, 5.74) is 0. The number of aliphatic hydroxyl groups excluding tert-OH is 1. The summed E-state index contributed by atoms with van der Waals surface area (Å²) in [5, 5.41) is 9.72. The molecule has 0 heterocycles. The van der Waals surface area contributed by atoms with Crippen molar-refractivity contribution in [3.8, 4) is 0 Å². The van der Waals surface area contributed by atoms with Crippen molar-refractivity contribution in [2.24, 2.45) is 0 Å². The summed E-state index contributed by atoms with van der Waals surface area (Å²) in [6.07, 6.45) is 15.4. The van der Waals surface area contributed by atoms with Crippen molar-refractivity contribution in [2.45, 2.75) is 89.6 Å². The van der Waals surface area contributed by atoms with Crippen LogP contribution in [0, 0.1) is 13.8 Å². The van der Waals surface area contributed by atoms with Gasteiger partial charge in [0.15, 0.2) is 0 Å². The summed E-state index contributed by atoms with van der Waals surface area (Å²) in [6, 6.07) is 0. The zero-order valence-electron chi connectivity index (χ0n) is 11.6. The minimum absolute atomic E-state index is 0.0623. The zero-order chi connectivity index (χ0) is 12.8. The molecule has 0 aliphatic rings. The lowest BCUT2D eigenvalue weighted by Gasteiger charge is -2.09. The molecule has 17 heavy (non-hydrogen) atoms. The van der Waals surface area contributed by atoms with Crippen LogP contribution in [0.25, 0.3) is 0 Å². The molecular formula is C16H32O. The topological polar surface area (TPSA) is 20.2 Å². The van der Waals surface area contributed by atoms with E-state index in [1.165, 1.54) is 44.9 Å². The van der Waals surface area contributed by atoms with E-state index in [9.17, 15) is 5.11 Å². The van der Waals surface area contributed by atoms with Crippen LogP contribution in [0.4, 0.5) is 0 Å². The predicted molar refractivity (Wildman–Crippen MR) is 76.7 cm³/mol. The van der Waals surface area contributed by atoms with Crippen LogP contribution >= 0.6 is 0 Å². The third-order valence-corrected chi connectivity index (χ3v) is 3.32. The maximum Gasteiger partial charge on any atom is 0.0540 e. The predicted octanol–water partition coefficient (Wildman–Crippen LogP) is 5.09. The lowest BCUT2D eigenvalue weighted by Crippen LogP contribution is -2.05. The fraction of sp³-hybridized carbons (Fsp3) is 0.875. The molecule has 0 spiro atoms. The second kappa shape index (κ2) is 14.0. The zero-order valence-corrected chi connectivity index (χ0v) is 11.6. The number of hydrogen-bond acceptors (Lipinski definition) is 1. The van der Waals surface area contributed by atoms with E-state index in [-0.39, 0.29) is 6.10 Å². The van der Waals surface area contributed by atoms with Gasteiger partial charge in [0.2, 0.25) is 0 Å². The third kappa shape index (κ3) is 13.9. The summed E-state index contributed by atoms with van der Waals surface area (Å²) < 4.78 is 0. The van der Waals surface area contributed by atoms with E-state index in [1.54, 1.807) is 0 Å². The van der Waals surface area contributed by atoms with Crippen LogP contribution in [-0.2, 0) is 0 Å². The Hall–Kier alpha value is -0.0400. The Labute approximate surface area is 109 Å². The molecule has 0 saturated carbocycles. The first-order valence-corrected chi connectivity index (χ1v) is 7.57. The summed E-state index contributed by atoms with van der Waals surface area (Å²) >= 11 is 0. The van der Waals surface area contributed by atoms with Crippen molar-refractivity contribution >= 4 is 0 Å². The van der Waals surface area contributed by atoms with E-state index >= 15 is 0 Å². The first-order chi connectivity index (χ1) is 8.31. The molecule has 1 nitrogen and oxygen atoms in total. The van der Waals surface area contributed by atoms with E-state index in [1.807, 2.05) is 0 Å². The number of hydrogen-bond donors (Lipinski definition) is 1. The molecule has 1 atom stereocenters. The molecule has 0 aromatic rings. The maximum atomic E-state index is 9.72. The Morgan fingerprint density at radius 3 is 1.47 bits per heavy atom. The quantitative estimate of drug-likeness (QED) is 0.445. The molecular weight excluding hydrogens is 208 g/mol. The summed E-state index contributed by atoms with van der Waals surface area (Å²) in [7, 11) is 0. The van der Waals surface area contributed by atoms with Gasteiger partial charge < -0.3 is 5.11 Å². The Morgan fingerprint density at radius 2 is 0.941 bits per heavy atom. The van der Waals surface area contributed by atoms with Crippen LogP contribution in [0.5, 0.6) is 0 Å². The molecule has 0 rings (SSSR count). The van der Waals surface area contributed by atoms with Crippen molar-refractivity contribution in [3.05, 3.63) is 13.8 Å². The highest BCUT2D eigenvalue weighted by atomic mass is 16.3. The highest BCUT2D eigenvalue weighted by Gasteiger charge is 2.02. The van der Waals surface area contributed by atoms with Crippen LogP contribution in [0.15, 0.2) is 0 Å². The van der Waals surface area contributed by atoms with Crippen molar-refractivity contribution in [2.75, 3.05) is 0 Å². The second-order valence-electron chi connectivity index (χ2n) is 5.12. The van der Waals surface area contributed by atoms with E-state index < -0.39 is 0 Å². The van der Waals surface area contributed by atoms with Gasteiger partial charge in [-0.05, 0) is 12.8 Å². The average molecular weight is 240 g/mol. The van der Waals surface area contributed by atoms with Crippen LogP contribution in [0.3, 0.4) is 0 Å². The second-order valence-corrected chi connectivity index (χ2v) is 5.12. The standard InChI is InChI=1S/C16H32O/c1-3-5-7-8-9-10-11-13-15-16(17)14-12-6-4-2/h16-17H,1-15H2. The molecule has 0 aromatic heterocycles. The molecule has 0 aliphatic heterocycles. The molecule has 0 saturated heterocycles. The smallest absolute Gasteiger partial charge is 0.0540 e. The average Bonchev–Trinajstić information content (AvgIpc) is 2.33. The molecule has 1 unspecified atom stereocenters. The van der Waals surface area contributed by atoms with E-state index in [0.717, 1.165) is 38.5 Å². The highest BCUT2D eigenvalue weighted by molar-refractivity contribution is 4.57. The summed E-state index contributed by atoms with van der Waals surface area (Å²) in [4.78, 5) is 0. The Balaban J connectivity index is 3.05. The fourth-order valence-corrected chi connectivity index (χ4v) is 2.14. The van der Waals surface area contributed by atoms with Crippen LogP contribution in [0.2, 0.25) is 0 Å². The maximum absolute atomic E-state index is 9.72. The Kier molecular flexibility index (Phi) is 14.0. The van der Waals surface area contributed by atoms with Crippen LogP contribution in [0.1, 0.15) is 83.5 Å². The van der Waals surface area contributed by atoms with Gasteiger partial charge in [-0.15, -0.1) is 0 Å². The minimum Gasteiger partial charge on any atom is -0.393 e. The van der Waals surface area contributed by atoms with Gasteiger partial charge in [-0.3, -0.25) is 0 Å². The normalized spacial score (nSPS) is 12.9.